The summed E-state index contributed by atoms with van der Waals surface area (Å²) in [5.41, 5.74) is 8.28. The number of para-hydroxylation sites is 1. The summed E-state index contributed by atoms with van der Waals surface area (Å²) in [5, 5.41) is 9.33. The van der Waals surface area contributed by atoms with Crippen LogP contribution in [0, 0.1) is 11.3 Å². The standard InChI is InChI=1S/C20H22N4O/c21-15-17-9-4-5-10-18(17)23-11-6-12-24(14-13-23)19(20(22)25)16-7-2-1-3-8-16/h1-5,7-10,19H,6,11-14H2,(H2,22,25)/t19-/m1/s1. The summed E-state index contributed by atoms with van der Waals surface area (Å²) in [7, 11) is 0. The summed E-state index contributed by atoms with van der Waals surface area (Å²) in [4.78, 5) is 16.5. The quantitative estimate of drug-likeness (QED) is 0.931. The van der Waals surface area contributed by atoms with Crippen molar-refractivity contribution in [1.29, 1.82) is 5.26 Å². The topological polar surface area (TPSA) is 73.4 Å². The van der Waals surface area contributed by atoms with Gasteiger partial charge in [0.2, 0.25) is 5.91 Å². The van der Waals surface area contributed by atoms with E-state index in [4.69, 9.17) is 5.73 Å². The number of nitrogens with two attached hydrogens (primary N) is 1. The Labute approximate surface area is 148 Å². The summed E-state index contributed by atoms with van der Waals surface area (Å²) in [6.07, 6.45) is 0.913. The largest absolute Gasteiger partial charge is 0.369 e. The van der Waals surface area contributed by atoms with Crippen molar-refractivity contribution in [1.82, 2.24) is 4.90 Å². The van der Waals surface area contributed by atoms with Crippen molar-refractivity contribution >= 4 is 11.6 Å². The second-order valence-electron chi connectivity index (χ2n) is 6.22. The van der Waals surface area contributed by atoms with E-state index in [2.05, 4.69) is 15.9 Å². The van der Waals surface area contributed by atoms with Crippen molar-refractivity contribution < 1.29 is 4.79 Å². The van der Waals surface area contributed by atoms with E-state index in [1.54, 1.807) is 0 Å². The summed E-state index contributed by atoms with van der Waals surface area (Å²) < 4.78 is 0. The molecule has 2 aromatic carbocycles. The zero-order chi connectivity index (χ0) is 17.6. The fraction of sp³-hybridized carbons (Fsp3) is 0.300. The molecular formula is C20H22N4O. The molecule has 2 N–H and O–H groups in total. The van der Waals surface area contributed by atoms with Gasteiger partial charge in [0.25, 0.3) is 0 Å². The molecule has 0 unspecified atom stereocenters. The predicted molar refractivity (Wildman–Crippen MR) is 97.9 cm³/mol. The number of anilines is 1. The highest BCUT2D eigenvalue weighted by Gasteiger charge is 2.27. The van der Waals surface area contributed by atoms with Crippen LogP contribution >= 0.6 is 0 Å². The predicted octanol–water partition coefficient (Wildman–Crippen LogP) is 2.30. The first-order valence-electron chi connectivity index (χ1n) is 8.53. The number of hydrogen-bond donors (Lipinski definition) is 1. The van der Waals surface area contributed by atoms with Gasteiger partial charge in [0.15, 0.2) is 0 Å². The Morgan fingerprint density at radius 3 is 2.44 bits per heavy atom. The van der Waals surface area contributed by atoms with E-state index in [0.29, 0.717) is 5.56 Å². The molecule has 1 atom stereocenters. The van der Waals surface area contributed by atoms with Gasteiger partial charge in [-0.15, -0.1) is 0 Å². The van der Waals surface area contributed by atoms with E-state index in [1.165, 1.54) is 0 Å². The monoisotopic (exact) mass is 334 g/mol. The van der Waals surface area contributed by atoms with Gasteiger partial charge in [-0.05, 0) is 24.1 Å². The van der Waals surface area contributed by atoms with E-state index in [1.807, 2.05) is 54.6 Å². The van der Waals surface area contributed by atoms with Crippen molar-refractivity contribution in [3.8, 4) is 6.07 Å². The Kier molecular flexibility index (Phi) is 5.32. The lowest BCUT2D eigenvalue weighted by Gasteiger charge is -2.29. The van der Waals surface area contributed by atoms with Crippen LogP contribution in [0.2, 0.25) is 0 Å². The molecule has 1 aliphatic heterocycles. The third-order valence-electron chi connectivity index (χ3n) is 4.65. The molecule has 2 aromatic rings. The minimum atomic E-state index is -0.410. The van der Waals surface area contributed by atoms with Crippen LogP contribution in [0.25, 0.3) is 0 Å². The van der Waals surface area contributed by atoms with Gasteiger partial charge in [-0.25, -0.2) is 0 Å². The Hall–Kier alpha value is -2.84. The molecular weight excluding hydrogens is 312 g/mol. The van der Waals surface area contributed by atoms with Crippen molar-refractivity contribution in [2.45, 2.75) is 12.5 Å². The highest BCUT2D eigenvalue weighted by molar-refractivity contribution is 5.81. The summed E-state index contributed by atoms with van der Waals surface area (Å²) in [5.74, 6) is -0.322. The third-order valence-corrected chi connectivity index (χ3v) is 4.65. The number of hydrogen-bond acceptors (Lipinski definition) is 4. The first kappa shape index (κ1) is 17.0. The molecule has 3 rings (SSSR count). The average molecular weight is 334 g/mol. The van der Waals surface area contributed by atoms with Gasteiger partial charge in [-0.2, -0.15) is 5.26 Å². The molecule has 0 aromatic heterocycles. The van der Waals surface area contributed by atoms with Gasteiger partial charge >= 0.3 is 0 Å². The lowest BCUT2D eigenvalue weighted by molar-refractivity contribution is -0.123. The van der Waals surface area contributed by atoms with Gasteiger partial charge in [0, 0.05) is 26.2 Å². The van der Waals surface area contributed by atoms with Crippen LogP contribution in [0.15, 0.2) is 54.6 Å². The molecule has 0 aliphatic carbocycles. The molecule has 0 bridgehead atoms. The second-order valence-corrected chi connectivity index (χ2v) is 6.22. The number of nitrogens with zero attached hydrogens (tertiary/aromatic N) is 3. The number of carbonyl (C=O) groups excluding carboxylic acids is 1. The van der Waals surface area contributed by atoms with Crippen molar-refractivity contribution in [3.05, 3.63) is 65.7 Å². The van der Waals surface area contributed by atoms with E-state index in [0.717, 1.165) is 43.9 Å². The first-order valence-corrected chi connectivity index (χ1v) is 8.53. The molecule has 0 spiro atoms. The summed E-state index contributed by atoms with van der Waals surface area (Å²) in [6, 6.07) is 19.2. The smallest absolute Gasteiger partial charge is 0.239 e. The fourth-order valence-corrected chi connectivity index (χ4v) is 3.47. The first-order chi connectivity index (χ1) is 12.2. The number of carbonyl (C=O) groups is 1. The van der Waals surface area contributed by atoms with E-state index in [-0.39, 0.29) is 5.91 Å². The zero-order valence-electron chi connectivity index (χ0n) is 14.1. The number of rotatable bonds is 4. The molecule has 25 heavy (non-hydrogen) atoms. The van der Waals surface area contributed by atoms with E-state index >= 15 is 0 Å². The lowest BCUT2D eigenvalue weighted by Crippen LogP contribution is -2.40. The molecule has 1 saturated heterocycles. The number of amides is 1. The van der Waals surface area contributed by atoms with Gasteiger partial charge in [-0.1, -0.05) is 42.5 Å². The minimum Gasteiger partial charge on any atom is -0.369 e. The maximum Gasteiger partial charge on any atom is 0.239 e. The van der Waals surface area contributed by atoms with Crippen LogP contribution in [0.5, 0.6) is 0 Å². The number of primary amides is 1. The Morgan fingerprint density at radius 2 is 1.72 bits per heavy atom. The molecule has 1 heterocycles. The van der Waals surface area contributed by atoms with Crippen molar-refractivity contribution in [2.75, 3.05) is 31.1 Å². The summed E-state index contributed by atoms with van der Waals surface area (Å²) >= 11 is 0. The van der Waals surface area contributed by atoms with Gasteiger partial charge in [-0.3, -0.25) is 9.69 Å². The maximum atomic E-state index is 12.1. The van der Waals surface area contributed by atoms with Crippen LogP contribution in [0.3, 0.4) is 0 Å². The molecule has 128 valence electrons. The fourth-order valence-electron chi connectivity index (χ4n) is 3.47. The van der Waals surface area contributed by atoms with Crippen LogP contribution < -0.4 is 10.6 Å². The Morgan fingerprint density at radius 1 is 1.00 bits per heavy atom. The average Bonchev–Trinajstić information content (AvgIpc) is 2.88. The highest BCUT2D eigenvalue weighted by atomic mass is 16.1. The Balaban J connectivity index is 1.79. The normalized spacial score (nSPS) is 16.7. The molecule has 0 saturated carbocycles. The van der Waals surface area contributed by atoms with Gasteiger partial charge < -0.3 is 10.6 Å². The highest BCUT2D eigenvalue weighted by Crippen LogP contribution is 2.25. The van der Waals surface area contributed by atoms with Crippen LogP contribution in [-0.2, 0) is 4.79 Å². The summed E-state index contributed by atoms with van der Waals surface area (Å²) in [6.45, 7) is 3.14. The molecule has 5 nitrogen and oxygen atoms in total. The number of nitriles is 1. The van der Waals surface area contributed by atoms with Crippen molar-refractivity contribution in [2.24, 2.45) is 5.73 Å². The van der Waals surface area contributed by atoms with Crippen LogP contribution in [0.1, 0.15) is 23.6 Å². The van der Waals surface area contributed by atoms with E-state index < -0.39 is 6.04 Å². The molecule has 1 fully saturated rings. The SMILES string of the molecule is N#Cc1ccccc1N1CCCN([C@@H](C(N)=O)c2ccccc2)CC1. The minimum absolute atomic E-state index is 0.322. The van der Waals surface area contributed by atoms with Gasteiger partial charge in [0.05, 0.1) is 11.3 Å². The second kappa shape index (κ2) is 7.82. The lowest BCUT2D eigenvalue weighted by atomic mass is 10.0. The molecule has 1 aliphatic rings. The van der Waals surface area contributed by atoms with Gasteiger partial charge in [0.1, 0.15) is 12.1 Å². The Bertz CT molecular complexity index is 769. The third kappa shape index (κ3) is 3.81. The van der Waals surface area contributed by atoms with Crippen LogP contribution in [0.4, 0.5) is 5.69 Å². The molecule has 1 amide bonds. The number of benzene rings is 2. The zero-order valence-corrected chi connectivity index (χ0v) is 14.1. The maximum absolute atomic E-state index is 12.1. The molecule has 0 radical (unpaired) electrons. The van der Waals surface area contributed by atoms with Crippen LogP contribution in [-0.4, -0.2) is 37.0 Å². The van der Waals surface area contributed by atoms with Crippen molar-refractivity contribution in [3.63, 3.8) is 0 Å². The van der Waals surface area contributed by atoms with E-state index in [9.17, 15) is 10.1 Å². The molecule has 5 heteroatoms.